The highest BCUT2D eigenvalue weighted by molar-refractivity contribution is 5.71. The first-order valence-corrected chi connectivity index (χ1v) is 8.40. The van der Waals surface area contributed by atoms with Gasteiger partial charge in [-0.15, -0.1) is 0 Å². The summed E-state index contributed by atoms with van der Waals surface area (Å²) in [4.78, 5) is 0. The van der Waals surface area contributed by atoms with Gasteiger partial charge in [-0.1, -0.05) is 36.4 Å². The second-order valence-corrected chi connectivity index (χ2v) is 5.98. The summed E-state index contributed by atoms with van der Waals surface area (Å²) in [6, 6.07) is 9.37. The molecule has 2 aromatic rings. The van der Waals surface area contributed by atoms with Crippen LogP contribution in [0.2, 0.25) is 0 Å². The molecule has 0 spiro atoms. The Bertz CT molecular complexity index is 821. The minimum Gasteiger partial charge on any atom is -0.502 e. The number of phenols is 1. The number of aryl methyl sites for hydroxylation is 1. The first-order valence-electron chi connectivity index (χ1n) is 8.40. The maximum atomic E-state index is 10.5. The predicted octanol–water partition coefficient (Wildman–Crippen LogP) is 4.08. The zero-order valence-electron chi connectivity index (χ0n) is 14.8. The van der Waals surface area contributed by atoms with Crippen LogP contribution in [0.15, 0.2) is 48.6 Å². The summed E-state index contributed by atoms with van der Waals surface area (Å²) in [5.74, 6) is 1.38. The molecule has 26 heavy (non-hydrogen) atoms. The maximum absolute atomic E-state index is 10.5. The van der Waals surface area contributed by atoms with Crippen molar-refractivity contribution in [3.63, 3.8) is 0 Å². The molecule has 2 heterocycles. The van der Waals surface area contributed by atoms with Gasteiger partial charge in [0.05, 0.1) is 20.3 Å². The Labute approximate surface area is 152 Å². The van der Waals surface area contributed by atoms with E-state index in [-0.39, 0.29) is 11.5 Å². The molecule has 136 valence electrons. The number of aliphatic hydroxyl groups is 1. The van der Waals surface area contributed by atoms with Crippen LogP contribution >= 0.6 is 0 Å². The molecule has 2 N–H and O–H groups in total. The third-order valence-electron chi connectivity index (χ3n) is 4.21. The van der Waals surface area contributed by atoms with E-state index >= 15 is 0 Å². The second-order valence-electron chi connectivity index (χ2n) is 5.98. The predicted molar refractivity (Wildman–Crippen MR) is 100 cm³/mol. The van der Waals surface area contributed by atoms with E-state index in [9.17, 15) is 10.2 Å². The molecule has 0 aromatic heterocycles. The molecule has 2 aliphatic heterocycles. The van der Waals surface area contributed by atoms with Gasteiger partial charge in [0.2, 0.25) is 11.5 Å². The summed E-state index contributed by atoms with van der Waals surface area (Å²) in [7, 11) is 2.94. The smallest absolute Gasteiger partial charge is 0.207 e. The van der Waals surface area contributed by atoms with Crippen molar-refractivity contribution < 1.29 is 24.4 Å². The lowest BCUT2D eigenvalue weighted by Crippen LogP contribution is -2.03. The normalized spacial score (nSPS) is 19.0. The van der Waals surface area contributed by atoms with E-state index in [0.717, 1.165) is 12.0 Å². The molecule has 4 bridgehead atoms. The van der Waals surface area contributed by atoms with Crippen LogP contribution in [0.4, 0.5) is 0 Å². The van der Waals surface area contributed by atoms with Crippen molar-refractivity contribution in [1.29, 1.82) is 0 Å². The first-order chi connectivity index (χ1) is 12.6. The average Bonchev–Trinajstić information content (AvgIpc) is 2.65. The van der Waals surface area contributed by atoms with Crippen molar-refractivity contribution in [3.05, 3.63) is 59.7 Å². The fourth-order valence-electron chi connectivity index (χ4n) is 2.85. The Hall–Kier alpha value is -2.92. The molecule has 2 aromatic carbocycles. The van der Waals surface area contributed by atoms with Crippen molar-refractivity contribution in [2.75, 3.05) is 14.2 Å². The van der Waals surface area contributed by atoms with Crippen molar-refractivity contribution in [2.45, 2.75) is 18.9 Å². The monoisotopic (exact) mass is 354 g/mol. The average molecular weight is 354 g/mol. The molecule has 0 radical (unpaired) electrons. The Morgan fingerprint density at radius 3 is 2.46 bits per heavy atom. The molecule has 5 nitrogen and oxygen atoms in total. The van der Waals surface area contributed by atoms with Gasteiger partial charge in [0, 0.05) is 5.56 Å². The van der Waals surface area contributed by atoms with Gasteiger partial charge in [-0.05, 0) is 36.6 Å². The molecule has 1 atom stereocenters. The molecule has 0 unspecified atom stereocenters. The molecule has 5 heteroatoms. The molecule has 4 rings (SSSR count). The molecule has 0 aliphatic carbocycles. The largest absolute Gasteiger partial charge is 0.502 e. The van der Waals surface area contributed by atoms with Crippen molar-refractivity contribution in [1.82, 2.24) is 0 Å². The number of phenolic OH excluding ortho intramolecular Hbond substituents is 1. The van der Waals surface area contributed by atoms with Gasteiger partial charge in [0.1, 0.15) is 5.75 Å². The highest BCUT2D eigenvalue weighted by Gasteiger charge is 2.20. The summed E-state index contributed by atoms with van der Waals surface area (Å²) >= 11 is 0. The fraction of sp³-hybridized carbons (Fsp3) is 0.238. The molecule has 0 saturated carbocycles. The number of methoxy groups -OCH3 is 2. The zero-order valence-corrected chi connectivity index (χ0v) is 14.8. The number of allylic oxidation sites excluding steroid dienone is 2. The van der Waals surface area contributed by atoms with Crippen LogP contribution in [0.5, 0.6) is 28.7 Å². The highest BCUT2D eigenvalue weighted by Crippen LogP contribution is 2.47. The van der Waals surface area contributed by atoms with Crippen LogP contribution in [-0.4, -0.2) is 30.5 Å². The standard InChI is InChI=1S/C21H22O5/c1-24-20-15-5-3-4-6-16(22)10-7-14-8-11-17(12-9-14)26-18(13-15)21(25-2)19(20)23/h3-6,8-9,11-13,16,22-23H,7,10H2,1-2H3/b5-3-,6-4+/t16-/m0/s1. The topological polar surface area (TPSA) is 68.2 Å². The Morgan fingerprint density at radius 2 is 1.77 bits per heavy atom. The van der Waals surface area contributed by atoms with Crippen molar-refractivity contribution in [2.24, 2.45) is 0 Å². The molecule has 2 aliphatic rings. The SMILES string of the molecule is COc1c2cc(c(OC)c1O)Oc1ccc(cc1)CC[C@@H](O)/C=C/C=C\2. The number of fused-ring (bicyclic) bond motifs is 6. The number of benzene rings is 2. The summed E-state index contributed by atoms with van der Waals surface area (Å²) in [6.45, 7) is 0. The first kappa shape index (κ1) is 17.9. The van der Waals surface area contributed by atoms with Gasteiger partial charge in [-0.25, -0.2) is 0 Å². The van der Waals surface area contributed by atoms with Gasteiger partial charge in [-0.2, -0.15) is 0 Å². The highest BCUT2D eigenvalue weighted by atomic mass is 16.5. The van der Waals surface area contributed by atoms with Crippen LogP contribution in [0, 0.1) is 0 Å². The Balaban J connectivity index is 2.12. The van der Waals surface area contributed by atoms with Crippen molar-refractivity contribution >= 4 is 6.08 Å². The van der Waals surface area contributed by atoms with E-state index in [4.69, 9.17) is 14.2 Å². The van der Waals surface area contributed by atoms with E-state index in [0.29, 0.717) is 29.2 Å². The van der Waals surface area contributed by atoms with Gasteiger partial charge in [-0.3, -0.25) is 0 Å². The second kappa shape index (κ2) is 7.97. The fourth-order valence-corrected chi connectivity index (χ4v) is 2.85. The minimum absolute atomic E-state index is 0.128. The molecular formula is C21H22O5. The molecular weight excluding hydrogens is 332 g/mol. The number of hydrogen-bond acceptors (Lipinski definition) is 5. The number of aromatic hydroxyl groups is 1. The summed E-state index contributed by atoms with van der Waals surface area (Å²) < 4.78 is 16.6. The van der Waals surface area contributed by atoms with Gasteiger partial charge >= 0.3 is 0 Å². The third-order valence-corrected chi connectivity index (χ3v) is 4.21. The van der Waals surface area contributed by atoms with E-state index in [1.54, 1.807) is 30.4 Å². The Morgan fingerprint density at radius 1 is 1.04 bits per heavy atom. The maximum Gasteiger partial charge on any atom is 0.207 e. The van der Waals surface area contributed by atoms with Gasteiger partial charge < -0.3 is 24.4 Å². The van der Waals surface area contributed by atoms with Crippen molar-refractivity contribution in [3.8, 4) is 28.7 Å². The molecule has 0 fully saturated rings. The zero-order chi connectivity index (χ0) is 18.5. The summed E-state index contributed by atoms with van der Waals surface area (Å²) in [5, 5.41) is 20.6. The minimum atomic E-state index is -0.526. The number of hydrogen-bond donors (Lipinski definition) is 2. The van der Waals surface area contributed by atoms with Crippen LogP contribution in [0.25, 0.3) is 6.08 Å². The van der Waals surface area contributed by atoms with Crippen LogP contribution in [-0.2, 0) is 6.42 Å². The van der Waals surface area contributed by atoms with Gasteiger partial charge in [0.15, 0.2) is 11.5 Å². The quantitative estimate of drug-likeness (QED) is 0.851. The van der Waals surface area contributed by atoms with E-state index < -0.39 is 6.10 Å². The van der Waals surface area contributed by atoms with E-state index in [2.05, 4.69) is 0 Å². The number of rotatable bonds is 2. The van der Waals surface area contributed by atoms with E-state index in [1.807, 2.05) is 24.3 Å². The number of ether oxygens (including phenoxy) is 3. The molecule has 0 saturated heterocycles. The van der Waals surface area contributed by atoms with Crippen LogP contribution in [0.1, 0.15) is 17.5 Å². The molecule has 0 amide bonds. The van der Waals surface area contributed by atoms with Crippen LogP contribution in [0.3, 0.4) is 0 Å². The lowest BCUT2D eigenvalue weighted by molar-refractivity contribution is 0.213. The van der Waals surface area contributed by atoms with Gasteiger partial charge in [0.25, 0.3) is 0 Å². The summed E-state index contributed by atoms with van der Waals surface area (Å²) in [5.41, 5.74) is 1.74. The summed E-state index contributed by atoms with van der Waals surface area (Å²) in [6.07, 6.45) is 7.93. The van der Waals surface area contributed by atoms with Crippen LogP contribution < -0.4 is 14.2 Å². The third kappa shape index (κ3) is 3.83. The Kier molecular flexibility index (Phi) is 5.49. The lowest BCUT2D eigenvalue weighted by Gasteiger charge is -2.16. The lowest BCUT2D eigenvalue weighted by atomic mass is 10.1. The van der Waals surface area contributed by atoms with E-state index in [1.165, 1.54) is 14.2 Å². The number of aliphatic hydroxyl groups excluding tert-OH is 1.